The lowest BCUT2D eigenvalue weighted by Gasteiger charge is -2.05. The second kappa shape index (κ2) is 6.37. The Morgan fingerprint density at radius 2 is 2.06 bits per heavy atom. The molecule has 0 aliphatic heterocycles. The Bertz CT molecular complexity index is 425. The van der Waals surface area contributed by atoms with Gasteiger partial charge >= 0.3 is 0 Å². The topological polar surface area (TPSA) is 34.1 Å². The molecule has 17 heavy (non-hydrogen) atoms. The molecule has 0 aliphatic rings. The summed E-state index contributed by atoms with van der Waals surface area (Å²) in [5.74, 6) is 0.927. The maximum absolute atomic E-state index is 5.40. The van der Waals surface area contributed by atoms with Gasteiger partial charge in [0.15, 0.2) is 0 Å². The van der Waals surface area contributed by atoms with Crippen LogP contribution in [0, 0.1) is 0 Å². The maximum atomic E-state index is 5.40. The first-order chi connectivity index (χ1) is 8.38. The zero-order valence-electron chi connectivity index (χ0n) is 9.85. The van der Waals surface area contributed by atoms with Crippen molar-refractivity contribution < 1.29 is 4.74 Å². The van der Waals surface area contributed by atoms with Gasteiger partial charge in [0.25, 0.3) is 0 Å². The van der Waals surface area contributed by atoms with Gasteiger partial charge in [0.05, 0.1) is 17.8 Å². The van der Waals surface area contributed by atoms with Gasteiger partial charge in [-0.05, 0) is 24.6 Å². The third-order valence-electron chi connectivity index (χ3n) is 2.35. The van der Waals surface area contributed by atoms with E-state index in [0.29, 0.717) is 6.61 Å². The van der Waals surface area contributed by atoms with Crippen molar-refractivity contribution in [3.05, 3.63) is 46.4 Å². The molecule has 90 valence electrons. The van der Waals surface area contributed by atoms with E-state index in [1.54, 1.807) is 11.3 Å². The van der Waals surface area contributed by atoms with E-state index in [9.17, 15) is 0 Å². The van der Waals surface area contributed by atoms with E-state index >= 15 is 0 Å². The molecule has 0 unspecified atom stereocenters. The van der Waals surface area contributed by atoms with E-state index < -0.39 is 0 Å². The molecular formula is C13H16N2OS. The molecule has 1 heterocycles. The van der Waals surface area contributed by atoms with Crippen molar-refractivity contribution in [2.24, 2.45) is 0 Å². The summed E-state index contributed by atoms with van der Waals surface area (Å²) in [6.45, 7) is 4.37. The minimum atomic E-state index is 0.710. The first-order valence-corrected chi connectivity index (χ1v) is 6.62. The Labute approximate surface area is 105 Å². The molecule has 0 aliphatic carbocycles. The van der Waals surface area contributed by atoms with Gasteiger partial charge < -0.3 is 10.1 Å². The number of nitrogens with zero attached hydrogens (tertiary/aromatic N) is 1. The molecule has 0 saturated carbocycles. The lowest BCUT2D eigenvalue weighted by atomic mass is 10.2. The van der Waals surface area contributed by atoms with Gasteiger partial charge in [0, 0.05) is 18.5 Å². The molecule has 0 fully saturated rings. The first kappa shape index (κ1) is 12.1. The molecule has 0 bridgehead atoms. The van der Waals surface area contributed by atoms with Gasteiger partial charge in [-0.3, -0.25) is 0 Å². The van der Waals surface area contributed by atoms with Crippen LogP contribution >= 0.6 is 11.3 Å². The number of hydrogen-bond donors (Lipinski definition) is 1. The molecule has 2 rings (SSSR count). The van der Waals surface area contributed by atoms with Crippen molar-refractivity contribution in [2.45, 2.75) is 20.0 Å². The second-order valence-electron chi connectivity index (χ2n) is 3.66. The summed E-state index contributed by atoms with van der Waals surface area (Å²) >= 11 is 1.63. The summed E-state index contributed by atoms with van der Waals surface area (Å²) in [6, 6.07) is 8.17. The normalized spacial score (nSPS) is 10.4. The summed E-state index contributed by atoms with van der Waals surface area (Å²) in [7, 11) is 0. The van der Waals surface area contributed by atoms with Crippen LogP contribution in [0.1, 0.15) is 18.2 Å². The molecule has 0 saturated heterocycles. The molecule has 0 atom stereocenters. The van der Waals surface area contributed by atoms with Crippen LogP contribution in [0.15, 0.2) is 35.2 Å². The van der Waals surface area contributed by atoms with Gasteiger partial charge in [-0.25, -0.2) is 4.98 Å². The van der Waals surface area contributed by atoms with Crippen molar-refractivity contribution in [3.8, 4) is 5.75 Å². The second-order valence-corrected chi connectivity index (χ2v) is 4.38. The standard InChI is InChI=1S/C13H16N2OS/c1-2-16-13-5-3-11(4-6-13)7-14-8-12-9-17-10-15-12/h3-6,9-10,14H,2,7-8H2,1H3. The predicted molar refractivity (Wildman–Crippen MR) is 70.3 cm³/mol. The van der Waals surface area contributed by atoms with E-state index in [-0.39, 0.29) is 0 Å². The van der Waals surface area contributed by atoms with Gasteiger partial charge in [-0.1, -0.05) is 12.1 Å². The molecule has 2 aromatic rings. The van der Waals surface area contributed by atoms with Crippen molar-refractivity contribution in [1.82, 2.24) is 10.3 Å². The highest BCUT2D eigenvalue weighted by atomic mass is 32.1. The number of nitrogens with one attached hydrogen (secondary N) is 1. The third kappa shape index (κ3) is 3.84. The third-order valence-corrected chi connectivity index (χ3v) is 2.99. The van der Waals surface area contributed by atoms with E-state index in [2.05, 4.69) is 27.8 Å². The summed E-state index contributed by atoms with van der Waals surface area (Å²) < 4.78 is 5.40. The molecular weight excluding hydrogens is 232 g/mol. The minimum absolute atomic E-state index is 0.710. The van der Waals surface area contributed by atoms with E-state index in [1.165, 1.54) is 5.56 Å². The Kier molecular flexibility index (Phi) is 4.53. The zero-order valence-corrected chi connectivity index (χ0v) is 10.7. The fourth-order valence-corrected chi connectivity index (χ4v) is 2.09. The van der Waals surface area contributed by atoms with Crippen LogP contribution < -0.4 is 10.1 Å². The van der Waals surface area contributed by atoms with Crippen molar-refractivity contribution in [2.75, 3.05) is 6.61 Å². The van der Waals surface area contributed by atoms with Crippen LogP contribution in [0.2, 0.25) is 0 Å². The zero-order chi connectivity index (χ0) is 11.9. The van der Waals surface area contributed by atoms with Gasteiger partial charge in [0.1, 0.15) is 5.75 Å². The largest absolute Gasteiger partial charge is 0.494 e. The van der Waals surface area contributed by atoms with Gasteiger partial charge in [-0.15, -0.1) is 11.3 Å². The van der Waals surface area contributed by atoms with E-state index in [1.807, 2.05) is 24.6 Å². The molecule has 1 N–H and O–H groups in total. The van der Waals surface area contributed by atoms with Crippen molar-refractivity contribution >= 4 is 11.3 Å². The molecule has 0 spiro atoms. The average molecular weight is 248 g/mol. The van der Waals surface area contributed by atoms with Crippen LogP contribution in [0.4, 0.5) is 0 Å². The van der Waals surface area contributed by atoms with Crippen LogP contribution in [-0.2, 0) is 13.1 Å². The number of thiazole rings is 1. The molecule has 1 aromatic heterocycles. The van der Waals surface area contributed by atoms with E-state index in [0.717, 1.165) is 24.5 Å². The summed E-state index contributed by atoms with van der Waals surface area (Å²) in [5, 5.41) is 5.42. The highest BCUT2D eigenvalue weighted by Crippen LogP contribution is 2.12. The lowest BCUT2D eigenvalue weighted by Crippen LogP contribution is -2.12. The quantitative estimate of drug-likeness (QED) is 0.853. The number of hydrogen-bond acceptors (Lipinski definition) is 4. The fourth-order valence-electron chi connectivity index (χ4n) is 1.53. The Morgan fingerprint density at radius 3 is 2.71 bits per heavy atom. The number of benzene rings is 1. The molecule has 3 nitrogen and oxygen atoms in total. The number of ether oxygens (including phenoxy) is 1. The fraction of sp³-hybridized carbons (Fsp3) is 0.308. The Balaban J connectivity index is 1.79. The molecule has 4 heteroatoms. The van der Waals surface area contributed by atoms with E-state index in [4.69, 9.17) is 4.74 Å². The maximum Gasteiger partial charge on any atom is 0.119 e. The highest BCUT2D eigenvalue weighted by molar-refractivity contribution is 7.07. The van der Waals surface area contributed by atoms with Crippen LogP contribution in [0.25, 0.3) is 0 Å². The summed E-state index contributed by atoms with van der Waals surface area (Å²) in [6.07, 6.45) is 0. The summed E-state index contributed by atoms with van der Waals surface area (Å²) in [5.41, 5.74) is 4.21. The van der Waals surface area contributed by atoms with Crippen molar-refractivity contribution in [1.29, 1.82) is 0 Å². The Morgan fingerprint density at radius 1 is 1.24 bits per heavy atom. The smallest absolute Gasteiger partial charge is 0.119 e. The summed E-state index contributed by atoms with van der Waals surface area (Å²) in [4.78, 5) is 4.22. The highest BCUT2D eigenvalue weighted by Gasteiger charge is 1.96. The average Bonchev–Trinajstić information content (AvgIpc) is 2.85. The monoisotopic (exact) mass is 248 g/mol. The van der Waals surface area contributed by atoms with Crippen molar-refractivity contribution in [3.63, 3.8) is 0 Å². The molecule has 0 radical (unpaired) electrons. The Hall–Kier alpha value is -1.39. The first-order valence-electron chi connectivity index (χ1n) is 5.68. The number of rotatable bonds is 6. The number of aromatic nitrogens is 1. The van der Waals surface area contributed by atoms with Crippen LogP contribution in [-0.4, -0.2) is 11.6 Å². The lowest BCUT2D eigenvalue weighted by molar-refractivity contribution is 0.340. The predicted octanol–water partition coefficient (Wildman–Crippen LogP) is 2.83. The SMILES string of the molecule is CCOc1ccc(CNCc2cscn2)cc1. The minimum Gasteiger partial charge on any atom is -0.494 e. The van der Waals surface area contributed by atoms with Gasteiger partial charge in [-0.2, -0.15) is 0 Å². The van der Waals surface area contributed by atoms with Gasteiger partial charge in [0.2, 0.25) is 0 Å². The molecule has 0 amide bonds. The molecule has 1 aromatic carbocycles. The van der Waals surface area contributed by atoms with Crippen LogP contribution in [0.3, 0.4) is 0 Å². The van der Waals surface area contributed by atoms with Crippen LogP contribution in [0.5, 0.6) is 5.75 Å².